The highest BCUT2D eigenvalue weighted by Gasteiger charge is 2.16. The topological polar surface area (TPSA) is 3.24 Å². The normalized spacial score (nSPS) is 22.4. The van der Waals surface area contributed by atoms with Crippen LogP contribution in [0.4, 0.5) is 4.39 Å². The van der Waals surface area contributed by atoms with Crippen LogP contribution in [0.15, 0.2) is 0 Å². The van der Waals surface area contributed by atoms with Crippen LogP contribution in [0.25, 0.3) is 0 Å². The zero-order valence-electron chi connectivity index (χ0n) is 6.80. The molecular weight excluding hydrogens is 161 g/mol. The van der Waals surface area contributed by atoms with E-state index in [9.17, 15) is 4.39 Å². The molecule has 0 aliphatic carbocycles. The summed E-state index contributed by atoms with van der Waals surface area (Å²) < 4.78 is 13.8. The van der Waals surface area contributed by atoms with Gasteiger partial charge in [0.1, 0.15) is 0 Å². The molecule has 3 heteroatoms. The third-order valence-electron chi connectivity index (χ3n) is 2.34. The third kappa shape index (κ3) is 3.43. The average molecular weight is 177 g/mol. The maximum atomic E-state index is 11.8. The minimum atomic E-state index is -0.152. The van der Waals surface area contributed by atoms with Crippen molar-refractivity contribution in [3.05, 3.63) is 0 Å². The monoisotopic (exact) mass is 177 g/mol. The number of alkyl halides is 1. The van der Waals surface area contributed by atoms with E-state index in [4.69, 9.17) is 0 Å². The minimum absolute atomic E-state index is 0.152. The molecule has 0 aromatic heterocycles. The summed E-state index contributed by atoms with van der Waals surface area (Å²) in [4.78, 5) is 0. The van der Waals surface area contributed by atoms with Gasteiger partial charge in [-0.3, -0.25) is 8.70 Å². The van der Waals surface area contributed by atoms with Gasteiger partial charge in [0, 0.05) is 13.1 Å². The largest absolute Gasteiger partial charge is 0.253 e. The van der Waals surface area contributed by atoms with E-state index in [2.05, 4.69) is 12.8 Å². The van der Waals surface area contributed by atoms with Gasteiger partial charge in [-0.05, 0) is 31.6 Å². The Hall–Kier alpha value is 0.240. The van der Waals surface area contributed by atoms with Crippen molar-refractivity contribution in [1.82, 2.24) is 4.31 Å². The Balaban J connectivity index is 2.07. The zero-order valence-corrected chi connectivity index (χ0v) is 7.69. The zero-order chi connectivity index (χ0) is 8.10. The van der Waals surface area contributed by atoms with Gasteiger partial charge >= 0.3 is 0 Å². The molecule has 11 heavy (non-hydrogen) atoms. The summed E-state index contributed by atoms with van der Waals surface area (Å²) in [5.41, 5.74) is 0. The first-order chi connectivity index (χ1) is 5.33. The SMILES string of the molecule is FCCCC1CCN(S)CC1. The molecule has 0 N–H and O–H groups in total. The van der Waals surface area contributed by atoms with Crippen molar-refractivity contribution < 1.29 is 4.39 Å². The lowest BCUT2D eigenvalue weighted by molar-refractivity contribution is 0.270. The summed E-state index contributed by atoms with van der Waals surface area (Å²) in [6, 6.07) is 0. The highest BCUT2D eigenvalue weighted by Crippen LogP contribution is 2.22. The summed E-state index contributed by atoms with van der Waals surface area (Å²) >= 11 is 4.25. The van der Waals surface area contributed by atoms with E-state index in [0.29, 0.717) is 0 Å². The first kappa shape index (κ1) is 9.33. The standard InChI is InChI=1S/C8H16FNS/c9-5-1-2-8-3-6-10(11)7-4-8/h8,11H,1-7H2. The second-order valence-electron chi connectivity index (χ2n) is 3.23. The fourth-order valence-electron chi connectivity index (χ4n) is 1.57. The average Bonchev–Trinajstić information content (AvgIpc) is 2.04. The van der Waals surface area contributed by atoms with Crippen molar-refractivity contribution in [2.75, 3.05) is 19.8 Å². The fourth-order valence-corrected chi connectivity index (χ4v) is 1.80. The molecule has 0 unspecified atom stereocenters. The van der Waals surface area contributed by atoms with E-state index >= 15 is 0 Å². The molecule has 66 valence electrons. The van der Waals surface area contributed by atoms with E-state index in [-0.39, 0.29) is 6.67 Å². The molecule has 0 amide bonds. The Morgan fingerprint density at radius 1 is 1.36 bits per heavy atom. The molecular formula is C8H16FNS. The Labute approximate surface area is 73.5 Å². The predicted octanol–water partition coefficient (Wildman–Crippen LogP) is 2.29. The van der Waals surface area contributed by atoms with Gasteiger partial charge in [0.05, 0.1) is 6.67 Å². The van der Waals surface area contributed by atoms with Crippen LogP contribution in [0.5, 0.6) is 0 Å². The third-order valence-corrected chi connectivity index (χ3v) is 2.74. The summed E-state index contributed by atoms with van der Waals surface area (Å²) in [6.45, 7) is 1.99. The lowest BCUT2D eigenvalue weighted by Crippen LogP contribution is -2.26. The molecule has 1 aliphatic heterocycles. The Bertz CT molecular complexity index is 99.5. The van der Waals surface area contributed by atoms with Crippen LogP contribution in [0, 0.1) is 5.92 Å². The molecule has 1 aliphatic rings. The lowest BCUT2D eigenvalue weighted by Gasteiger charge is -2.27. The first-order valence-corrected chi connectivity index (χ1v) is 4.72. The quantitative estimate of drug-likeness (QED) is 0.647. The predicted molar refractivity (Wildman–Crippen MR) is 48.5 cm³/mol. The summed E-state index contributed by atoms with van der Waals surface area (Å²) in [7, 11) is 0. The number of rotatable bonds is 3. The van der Waals surface area contributed by atoms with Gasteiger partial charge in [0.25, 0.3) is 0 Å². The number of halogens is 1. The van der Waals surface area contributed by atoms with Gasteiger partial charge < -0.3 is 0 Å². The van der Waals surface area contributed by atoms with Gasteiger partial charge in [-0.2, -0.15) is 0 Å². The van der Waals surface area contributed by atoms with Crippen LogP contribution in [0.2, 0.25) is 0 Å². The van der Waals surface area contributed by atoms with Crippen molar-refractivity contribution >= 4 is 12.8 Å². The Morgan fingerprint density at radius 3 is 2.55 bits per heavy atom. The number of piperidine rings is 1. The van der Waals surface area contributed by atoms with Gasteiger partial charge in [0.2, 0.25) is 0 Å². The highest BCUT2D eigenvalue weighted by atomic mass is 32.1. The minimum Gasteiger partial charge on any atom is -0.253 e. The maximum Gasteiger partial charge on any atom is 0.0894 e. The Morgan fingerprint density at radius 2 is 2.00 bits per heavy atom. The van der Waals surface area contributed by atoms with Crippen molar-refractivity contribution in [2.45, 2.75) is 25.7 Å². The van der Waals surface area contributed by atoms with E-state index in [1.54, 1.807) is 0 Å². The van der Waals surface area contributed by atoms with Crippen LogP contribution >= 0.6 is 12.8 Å². The van der Waals surface area contributed by atoms with Gasteiger partial charge in [-0.15, -0.1) is 0 Å². The van der Waals surface area contributed by atoms with Crippen LogP contribution in [-0.4, -0.2) is 24.1 Å². The first-order valence-electron chi connectivity index (χ1n) is 4.32. The molecule has 1 fully saturated rings. The van der Waals surface area contributed by atoms with E-state index in [0.717, 1.165) is 31.8 Å². The Kier molecular flexibility index (Phi) is 4.23. The fraction of sp³-hybridized carbons (Fsp3) is 1.00. The number of hydrogen-bond acceptors (Lipinski definition) is 2. The van der Waals surface area contributed by atoms with Crippen molar-refractivity contribution in [1.29, 1.82) is 0 Å². The van der Waals surface area contributed by atoms with Crippen LogP contribution < -0.4 is 0 Å². The van der Waals surface area contributed by atoms with E-state index in [1.807, 2.05) is 4.31 Å². The van der Waals surface area contributed by atoms with Crippen LogP contribution in [0.1, 0.15) is 25.7 Å². The van der Waals surface area contributed by atoms with Crippen molar-refractivity contribution in [3.8, 4) is 0 Å². The van der Waals surface area contributed by atoms with E-state index in [1.165, 1.54) is 12.8 Å². The molecule has 1 heterocycles. The van der Waals surface area contributed by atoms with Crippen molar-refractivity contribution in [2.24, 2.45) is 5.92 Å². The van der Waals surface area contributed by atoms with Gasteiger partial charge in [-0.25, -0.2) is 0 Å². The number of hydrogen-bond donors (Lipinski definition) is 1. The molecule has 1 rings (SSSR count). The molecule has 0 saturated carbocycles. The maximum absolute atomic E-state index is 11.8. The second kappa shape index (κ2) is 4.99. The summed E-state index contributed by atoms with van der Waals surface area (Å²) in [5.74, 6) is 0.758. The van der Waals surface area contributed by atoms with Gasteiger partial charge in [0.15, 0.2) is 0 Å². The van der Waals surface area contributed by atoms with Crippen molar-refractivity contribution in [3.63, 3.8) is 0 Å². The molecule has 0 aromatic rings. The molecule has 0 spiro atoms. The number of thiol groups is 1. The molecule has 1 saturated heterocycles. The number of nitrogens with zero attached hydrogens (tertiary/aromatic N) is 1. The molecule has 0 radical (unpaired) electrons. The molecule has 0 atom stereocenters. The molecule has 1 nitrogen and oxygen atoms in total. The van der Waals surface area contributed by atoms with Crippen LogP contribution in [0.3, 0.4) is 0 Å². The smallest absolute Gasteiger partial charge is 0.0894 e. The van der Waals surface area contributed by atoms with Gasteiger partial charge in [-0.1, -0.05) is 12.8 Å². The molecule has 0 aromatic carbocycles. The highest BCUT2D eigenvalue weighted by molar-refractivity contribution is 7.77. The second-order valence-corrected chi connectivity index (χ2v) is 3.79. The molecule has 0 bridgehead atoms. The summed E-state index contributed by atoms with van der Waals surface area (Å²) in [5, 5.41) is 0. The summed E-state index contributed by atoms with van der Waals surface area (Å²) in [6.07, 6.45) is 4.21. The van der Waals surface area contributed by atoms with Crippen LogP contribution in [-0.2, 0) is 0 Å². The lowest BCUT2D eigenvalue weighted by atomic mass is 9.93. The van der Waals surface area contributed by atoms with E-state index < -0.39 is 0 Å².